The Kier molecular flexibility index (Phi) is 3.89. The van der Waals surface area contributed by atoms with E-state index in [1.165, 1.54) is 30.4 Å². The minimum atomic E-state index is 0.704. The normalized spacial score (nSPS) is 20.6. The third-order valence-electron chi connectivity index (χ3n) is 3.13. The van der Waals surface area contributed by atoms with Gasteiger partial charge in [0.15, 0.2) is 0 Å². The van der Waals surface area contributed by atoms with Crippen LogP contribution in [0.3, 0.4) is 0 Å². The molecule has 16 heavy (non-hydrogen) atoms. The van der Waals surface area contributed by atoms with Gasteiger partial charge in [-0.25, -0.2) is 0 Å². The van der Waals surface area contributed by atoms with Crippen LogP contribution in [0, 0.1) is 6.92 Å². The predicted octanol–water partition coefficient (Wildman–Crippen LogP) is 4.42. The predicted molar refractivity (Wildman–Crippen MR) is 72.8 cm³/mol. The van der Waals surface area contributed by atoms with Crippen LogP contribution in [0.15, 0.2) is 29.8 Å². The summed E-state index contributed by atoms with van der Waals surface area (Å²) >= 11 is 0.704. The molecule has 1 aromatic carbocycles. The molecular formula is C15H20Se. The SMILES string of the molecule is CCCC1CC(C)=C(c2ccc(C)cc2)[Se]1. The van der Waals surface area contributed by atoms with Crippen molar-refractivity contribution in [3.63, 3.8) is 0 Å². The summed E-state index contributed by atoms with van der Waals surface area (Å²) in [5.74, 6) is 0. The van der Waals surface area contributed by atoms with Gasteiger partial charge in [0.2, 0.25) is 0 Å². The first-order chi connectivity index (χ1) is 7.70. The molecule has 1 aromatic rings. The maximum atomic E-state index is 2.33. The number of hydrogen-bond acceptors (Lipinski definition) is 0. The summed E-state index contributed by atoms with van der Waals surface area (Å²) < 4.78 is 1.67. The van der Waals surface area contributed by atoms with Gasteiger partial charge in [-0.15, -0.1) is 0 Å². The number of benzene rings is 1. The molecule has 1 atom stereocenters. The van der Waals surface area contributed by atoms with E-state index >= 15 is 0 Å². The van der Waals surface area contributed by atoms with Gasteiger partial charge in [-0.05, 0) is 0 Å². The Bertz CT molecular complexity index is 386. The second-order valence-electron chi connectivity index (χ2n) is 4.71. The monoisotopic (exact) mass is 280 g/mol. The van der Waals surface area contributed by atoms with Gasteiger partial charge < -0.3 is 0 Å². The topological polar surface area (TPSA) is 0 Å². The molecular weight excluding hydrogens is 259 g/mol. The molecule has 0 saturated heterocycles. The molecule has 0 spiro atoms. The fourth-order valence-electron chi connectivity index (χ4n) is 2.25. The van der Waals surface area contributed by atoms with Gasteiger partial charge in [0.05, 0.1) is 0 Å². The molecule has 1 aliphatic rings. The van der Waals surface area contributed by atoms with E-state index in [1.807, 2.05) is 0 Å². The van der Waals surface area contributed by atoms with E-state index in [1.54, 1.807) is 10.0 Å². The van der Waals surface area contributed by atoms with E-state index in [-0.39, 0.29) is 0 Å². The van der Waals surface area contributed by atoms with Gasteiger partial charge in [-0.1, -0.05) is 0 Å². The van der Waals surface area contributed by atoms with E-state index in [2.05, 4.69) is 45.0 Å². The van der Waals surface area contributed by atoms with Gasteiger partial charge in [0, 0.05) is 0 Å². The zero-order valence-electron chi connectivity index (χ0n) is 10.4. The van der Waals surface area contributed by atoms with Crippen molar-refractivity contribution in [3.8, 4) is 0 Å². The summed E-state index contributed by atoms with van der Waals surface area (Å²) in [5.41, 5.74) is 4.47. The Morgan fingerprint density at radius 3 is 2.50 bits per heavy atom. The zero-order chi connectivity index (χ0) is 11.5. The van der Waals surface area contributed by atoms with Crippen LogP contribution in [-0.4, -0.2) is 15.0 Å². The molecule has 0 saturated carbocycles. The Morgan fingerprint density at radius 1 is 1.19 bits per heavy atom. The quantitative estimate of drug-likeness (QED) is 0.718. The summed E-state index contributed by atoms with van der Waals surface area (Å²) in [6, 6.07) is 9.06. The molecule has 0 aromatic heterocycles. The summed E-state index contributed by atoms with van der Waals surface area (Å²) in [7, 11) is 0. The molecule has 1 unspecified atom stereocenters. The molecule has 0 fully saturated rings. The first-order valence-corrected chi connectivity index (χ1v) is 7.98. The van der Waals surface area contributed by atoms with Crippen molar-refractivity contribution in [2.24, 2.45) is 0 Å². The van der Waals surface area contributed by atoms with E-state index < -0.39 is 0 Å². The molecule has 86 valence electrons. The van der Waals surface area contributed by atoms with E-state index in [9.17, 15) is 0 Å². The Morgan fingerprint density at radius 2 is 1.88 bits per heavy atom. The third kappa shape index (κ3) is 2.59. The van der Waals surface area contributed by atoms with Crippen LogP contribution < -0.4 is 0 Å². The maximum absolute atomic E-state index is 2.33. The van der Waals surface area contributed by atoms with Crippen molar-refractivity contribution in [2.75, 3.05) is 0 Å². The van der Waals surface area contributed by atoms with Crippen LogP contribution in [-0.2, 0) is 0 Å². The van der Waals surface area contributed by atoms with Gasteiger partial charge in [0.1, 0.15) is 0 Å². The van der Waals surface area contributed by atoms with E-state index in [0.29, 0.717) is 15.0 Å². The van der Waals surface area contributed by atoms with Crippen molar-refractivity contribution in [2.45, 2.75) is 44.9 Å². The Hall–Kier alpha value is -0.521. The number of rotatable bonds is 3. The fourth-order valence-corrected chi connectivity index (χ4v) is 5.55. The molecule has 1 heterocycles. The summed E-state index contributed by atoms with van der Waals surface area (Å²) in [5, 5.41) is 0. The van der Waals surface area contributed by atoms with Gasteiger partial charge >= 0.3 is 105 Å². The molecule has 0 aliphatic carbocycles. The van der Waals surface area contributed by atoms with Crippen LogP contribution in [0.4, 0.5) is 0 Å². The molecule has 0 amide bonds. The van der Waals surface area contributed by atoms with Gasteiger partial charge in [0.25, 0.3) is 0 Å². The van der Waals surface area contributed by atoms with E-state index in [0.717, 1.165) is 4.82 Å². The van der Waals surface area contributed by atoms with Crippen LogP contribution >= 0.6 is 0 Å². The second kappa shape index (κ2) is 5.21. The molecule has 2 rings (SSSR count). The van der Waals surface area contributed by atoms with Gasteiger partial charge in [-0.3, -0.25) is 0 Å². The zero-order valence-corrected chi connectivity index (χ0v) is 12.1. The molecule has 0 nitrogen and oxygen atoms in total. The molecule has 1 aliphatic heterocycles. The third-order valence-corrected chi connectivity index (χ3v) is 6.39. The van der Waals surface area contributed by atoms with Crippen molar-refractivity contribution in [1.82, 2.24) is 0 Å². The summed E-state index contributed by atoms with van der Waals surface area (Å²) in [4.78, 5) is 0.966. The molecule has 0 bridgehead atoms. The molecule has 1 heteroatoms. The van der Waals surface area contributed by atoms with Gasteiger partial charge in [-0.2, -0.15) is 0 Å². The number of aryl methyl sites for hydroxylation is 1. The van der Waals surface area contributed by atoms with Crippen LogP contribution in [0.5, 0.6) is 0 Å². The second-order valence-corrected chi connectivity index (χ2v) is 7.46. The van der Waals surface area contributed by atoms with Crippen molar-refractivity contribution >= 4 is 19.4 Å². The average Bonchev–Trinajstić information content (AvgIpc) is 2.61. The Balaban J connectivity index is 2.16. The van der Waals surface area contributed by atoms with Crippen LogP contribution in [0.1, 0.15) is 44.2 Å². The van der Waals surface area contributed by atoms with Crippen molar-refractivity contribution in [1.29, 1.82) is 0 Å². The minimum absolute atomic E-state index is 0.704. The number of allylic oxidation sites excluding steroid dienone is 1. The first-order valence-electron chi connectivity index (χ1n) is 6.14. The fraction of sp³-hybridized carbons (Fsp3) is 0.467. The number of hydrogen-bond donors (Lipinski definition) is 0. The summed E-state index contributed by atoms with van der Waals surface area (Å²) in [6.07, 6.45) is 4.09. The molecule has 0 N–H and O–H groups in total. The first kappa shape index (κ1) is 12.0. The van der Waals surface area contributed by atoms with Crippen molar-refractivity contribution in [3.05, 3.63) is 41.0 Å². The van der Waals surface area contributed by atoms with Crippen LogP contribution in [0.2, 0.25) is 4.82 Å². The standard InChI is InChI=1S/C15H20Se/c1-4-5-14-10-12(3)15(16-14)13-8-6-11(2)7-9-13/h6-9,14H,4-5,10H2,1-3H3. The van der Waals surface area contributed by atoms with Crippen molar-refractivity contribution < 1.29 is 0 Å². The van der Waals surface area contributed by atoms with E-state index in [4.69, 9.17) is 0 Å². The van der Waals surface area contributed by atoms with Crippen LogP contribution in [0.25, 0.3) is 4.47 Å². The average molecular weight is 279 g/mol. The Labute approximate surface area is 105 Å². The molecule has 0 radical (unpaired) electrons. The summed E-state index contributed by atoms with van der Waals surface area (Å²) in [6.45, 7) is 6.78.